The predicted molar refractivity (Wildman–Crippen MR) is 74.1 cm³/mol. The van der Waals surface area contributed by atoms with Gasteiger partial charge in [-0.25, -0.2) is 0 Å². The Morgan fingerprint density at radius 2 is 2.05 bits per heavy atom. The van der Waals surface area contributed by atoms with Gasteiger partial charge in [0.25, 0.3) is 0 Å². The summed E-state index contributed by atoms with van der Waals surface area (Å²) in [5.41, 5.74) is 0.869. The van der Waals surface area contributed by atoms with E-state index in [2.05, 4.69) is 0 Å². The van der Waals surface area contributed by atoms with Crippen molar-refractivity contribution in [2.45, 2.75) is 20.3 Å². The van der Waals surface area contributed by atoms with Gasteiger partial charge in [-0.3, -0.25) is 9.59 Å². The molecule has 5 nitrogen and oxygen atoms in total. The fourth-order valence-electron chi connectivity index (χ4n) is 2.08. The lowest BCUT2D eigenvalue weighted by Crippen LogP contribution is -2.08. The predicted octanol–water partition coefficient (Wildman–Crippen LogP) is 2.22. The number of ether oxygens (including phenoxy) is 2. The molecule has 0 spiro atoms. The highest BCUT2D eigenvalue weighted by Crippen LogP contribution is 2.24. The molecule has 1 aromatic carbocycles. The van der Waals surface area contributed by atoms with Crippen LogP contribution < -0.4 is 10.2 Å². The molecule has 0 fully saturated rings. The molecule has 0 aliphatic rings. The average molecular weight is 276 g/mol. The molecule has 0 N–H and O–H groups in total. The van der Waals surface area contributed by atoms with E-state index in [4.69, 9.17) is 13.9 Å². The Morgan fingerprint density at radius 1 is 1.30 bits per heavy atom. The quantitative estimate of drug-likeness (QED) is 0.783. The number of methoxy groups -OCH3 is 1. The lowest BCUT2D eigenvalue weighted by atomic mass is 10.0. The van der Waals surface area contributed by atoms with E-state index in [9.17, 15) is 9.59 Å². The van der Waals surface area contributed by atoms with Crippen molar-refractivity contribution in [1.82, 2.24) is 0 Å². The third-order valence-corrected chi connectivity index (χ3v) is 2.79. The van der Waals surface area contributed by atoms with Crippen LogP contribution in [0.5, 0.6) is 5.75 Å². The van der Waals surface area contributed by atoms with Gasteiger partial charge >= 0.3 is 0 Å². The average Bonchev–Trinajstić information content (AvgIpc) is 2.34. The summed E-state index contributed by atoms with van der Waals surface area (Å²) in [6.45, 7) is 3.26. The first-order valence-electron chi connectivity index (χ1n) is 6.20. The first-order chi connectivity index (χ1) is 9.51. The third-order valence-electron chi connectivity index (χ3n) is 2.79. The van der Waals surface area contributed by atoms with Crippen LogP contribution in [-0.4, -0.2) is 19.7 Å². The first kappa shape index (κ1) is 14.3. The van der Waals surface area contributed by atoms with Crippen LogP contribution in [0.3, 0.4) is 0 Å². The van der Waals surface area contributed by atoms with Crippen molar-refractivity contribution in [3.8, 4) is 5.75 Å². The van der Waals surface area contributed by atoms with E-state index in [0.29, 0.717) is 28.0 Å². The van der Waals surface area contributed by atoms with Crippen molar-refractivity contribution in [3.63, 3.8) is 0 Å². The summed E-state index contributed by atoms with van der Waals surface area (Å²) < 4.78 is 15.8. The molecule has 0 aliphatic carbocycles. The monoisotopic (exact) mass is 276 g/mol. The van der Waals surface area contributed by atoms with Gasteiger partial charge < -0.3 is 13.9 Å². The molecule has 20 heavy (non-hydrogen) atoms. The molecule has 2 rings (SSSR count). The molecule has 2 aromatic rings. The Bertz CT molecular complexity index is 699. The van der Waals surface area contributed by atoms with Crippen LogP contribution in [0.15, 0.2) is 27.4 Å². The summed E-state index contributed by atoms with van der Waals surface area (Å²) in [6.07, 6.45) is 0.161. The van der Waals surface area contributed by atoms with E-state index in [1.54, 1.807) is 19.1 Å². The second kappa shape index (κ2) is 5.88. The summed E-state index contributed by atoms with van der Waals surface area (Å²) in [7, 11) is 1.52. The highest BCUT2D eigenvalue weighted by Gasteiger charge is 2.12. The van der Waals surface area contributed by atoms with Crippen LogP contribution in [0, 0.1) is 6.92 Å². The topological polar surface area (TPSA) is 65.7 Å². The van der Waals surface area contributed by atoms with Crippen LogP contribution in [0.2, 0.25) is 0 Å². The Morgan fingerprint density at radius 3 is 2.70 bits per heavy atom. The zero-order valence-corrected chi connectivity index (χ0v) is 11.7. The van der Waals surface area contributed by atoms with Gasteiger partial charge in [0.2, 0.25) is 0 Å². The first-order valence-corrected chi connectivity index (χ1v) is 6.20. The van der Waals surface area contributed by atoms with E-state index in [1.807, 2.05) is 0 Å². The number of hydrogen-bond acceptors (Lipinski definition) is 5. The molecule has 0 radical (unpaired) electrons. The molecule has 1 aromatic heterocycles. The van der Waals surface area contributed by atoms with Crippen molar-refractivity contribution >= 4 is 16.8 Å². The van der Waals surface area contributed by atoms with Crippen molar-refractivity contribution in [3.05, 3.63) is 39.7 Å². The van der Waals surface area contributed by atoms with Crippen molar-refractivity contribution < 1.29 is 18.7 Å². The molecule has 0 aliphatic heterocycles. The number of carbonyl (C=O) groups is 1. The van der Waals surface area contributed by atoms with E-state index in [1.165, 1.54) is 20.1 Å². The summed E-state index contributed by atoms with van der Waals surface area (Å²) in [5.74, 6) is 0.986. The maximum Gasteiger partial charge on any atom is 0.193 e. The minimum Gasteiger partial charge on any atom is -0.467 e. The van der Waals surface area contributed by atoms with E-state index in [0.717, 1.165) is 0 Å². The molecule has 0 bridgehead atoms. The number of fused-ring (bicyclic) bond motifs is 1. The van der Waals surface area contributed by atoms with Crippen LogP contribution >= 0.6 is 0 Å². The lowest BCUT2D eigenvalue weighted by molar-refractivity contribution is -0.116. The number of carbonyl (C=O) groups excluding carboxylic acids is 1. The van der Waals surface area contributed by atoms with Gasteiger partial charge in [0, 0.05) is 25.7 Å². The lowest BCUT2D eigenvalue weighted by Gasteiger charge is -2.09. The maximum atomic E-state index is 12.1. The summed E-state index contributed by atoms with van der Waals surface area (Å²) >= 11 is 0. The van der Waals surface area contributed by atoms with Crippen LogP contribution in [0.1, 0.15) is 18.2 Å². The van der Waals surface area contributed by atoms with E-state index >= 15 is 0 Å². The normalized spacial score (nSPS) is 10.8. The molecule has 106 valence electrons. The number of aryl methyl sites for hydroxylation is 1. The molecule has 0 amide bonds. The van der Waals surface area contributed by atoms with Gasteiger partial charge in [0.05, 0.1) is 5.39 Å². The van der Waals surface area contributed by atoms with Crippen LogP contribution in [0.4, 0.5) is 0 Å². The third kappa shape index (κ3) is 3.05. The summed E-state index contributed by atoms with van der Waals surface area (Å²) in [5, 5.41) is 0.426. The van der Waals surface area contributed by atoms with E-state index in [-0.39, 0.29) is 24.4 Å². The minimum absolute atomic E-state index is 0.0323. The van der Waals surface area contributed by atoms with Crippen molar-refractivity contribution in [1.29, 1.82) is 0 Å². The smallest absolute Gasteiger partial charge is 0.193 e. The van der Waals surface area contributed by atoms with E-state index < -0.39 is 0 Å². The van der Waals surface area contributed by atoms with Crippen molar-refractivity contribution in [2.75, 3.05) is 13.9 Å². The zero-order chi connectivity index (χ0) is 14.7. The highest BCUT2D eigenvalue weighted by atomic mass is 16.7. The zero-order valence-electron chi connectivity index (χ0n) is 11.7. The molecule has 0 atom stereocenters. The van der Waals surface area contributed by atoms with Gasteiger partial charge in [0.15, 0.2) is 12.2 Å². The molecule has 0 saturated carbocycles. The number of rotatable bonds is 5. The number of benzene rings is 1. The molecule has 0 saturated heterocycles. The van der Waals surface area contributed by atoms with Crippen molar-refractivity contribution in [2.24, 2.45) is 0 Å². The Labute approximate surface area is 116 Å². The second-order valence-corrected chi connectivity index (χ2v) is 4.61. The van der Waals surface area contributed by atoms with Gasteiger partial charge in [0.1, 0.15) is 22.9 Å². The maximum absolute atomic E-state index is 12.1. The Balaban J connectivity index is 2.64. The summed E-state index contributed by atoms with van der Waals surface area (Å²) in [4.78, 5) is 23.5. The van der Waals surface area contributed by atoms with Gasteiger partial charge in [-0.2, -0.15) is 0 Å². The van der Waals surface area contributed by atoms with Crippen LogP contribution in [0.25, 0.3) is 11.0 Å². The largest absolute Gasteiger partial charge is 0.467 e. The van der Waals surface area contributed by atoms with Crippen LogP contribution in [-0.2, 0) is 16.0 Å². The highest BCUT2D eigenvalue weighted by molar-refractivity contribution is 5.88. The van der Waals surface area contributed by atoms with Gasteiger partial charge in [-0.05, 0) is 25.5 Å². The number of Topliss-reactive ketones (excluding diaryl/α,β-unsaturated/α-hetero) is 1. The Kier molecular flexibility index (Phi) is 4.20. The Hall–Kier alpha value is -2.14. The number of hydrogen-bond donors (Lipinski definition) is 0. The molecular weight excluding hydrogens is 260 g/mol. The number of ketones is 1. The fraction of sp³-hybridized carbons (Fsp3) is 0.333. The SMILES string of the molecule is COCOc1cc(CC(C)=O)c2c(=O)cc(C)oc2c1. The molecule has 5 heteroatoms. The fourth-order valence-corrected chi connectivity index (χ4v) is 2.08. The molecule has 1 heterocycles. The summed E-state index contributed by atoms with van der Waals surface area (Å²) in [6, 6.07) is 4.73. The standard InChI is InChI=1S/C15H16O5/c1-9(16)4-11-6-12(19-8-18-3)7-14-15(11)13(17)5-10(2)20-14/h5-7H,4,8H2,1-3H3. The molecular formula is C15H16O5. The van der Waals surface area contributed by atoms with Gasteiger partial charge in [-0.1, -0.05) is 0 Å². The second-order valence-electron chi connectivity index (χ2n) is 4.61. The minimum atomic E-state index is -0.154. The molecule has 0 unspecified atom stereocenters. The van der Waals surface area contributed by atoms with Gasteiger partial charge in [-0.15, -0.1) is 0 Å².